The standard InChI is InChI=1S/C12H15BrN2OS/c1-8-7-9(4-5-10(8)13)12(16)15-6-2-3-11(14)17/h4-5,7H,2-3,6H2,1H3,(H2,14,17)(H,15,16). The van der Waals surface area contributed by atoms with E-state index in [0.717, 1.165) is 16.5 Å². The lowest BCUT2D eigenvalue weighted by molar-refractivity contribution is 0.0953. The largest absolute Gasteiger partial charge is 0.393 e. The minimum Gasteiger partial charge on any atom is -0.393 e. The highest BCUT2D eigenvalue weighted by Crippen LogP contribution is 2.16. The molecule has 0 aliphatic heterocycles. The van der Waals surface area contributed by atoms with Crippen LogP contribution >= 0.6 is 28.1 Å². The van der Waals surface area contributed by atoms with Gasteiger partial charge >= 0.3 is 0 Å². The third kappa shape index (κ3) is 4.83. The van der Waals surface area contributed by atoms with Gasteiger partial charge in [-0.2, -0.15) is 0 Å². The highest BCUT2D eigenvalue weighted by atomic mass is 79.9. The van der Waals surface area contributed by atoms with Crippen LogP contribution in [0.2, 0.25) is 0 Å². The first-order valence-corrected chi connectivity index (χ1v) is 6.53. The normalized spacial score (nSPS) is 10.0. The highest BCUT2D eigenvalue weighted by Gasteiger charge is 2.06. The Balaban J connectivity index is 2.47. The fourth-order valence-corrected chi connectivity index (χ4v) is 1.74. The molecule has 1 aromatic carbocycles. The third-order valence-electron chi connectivity index (χ3n) is 2.31. The van der Waals surface area contributed by atoms with Crippen LogP contribution in [0, 0.1) is 6.92 Å². The quantitative estimate of drug-likeness (QED) is 0.648. The van der Waals surface area contributed by atoms with E-state index in [1.54, 1.807) is 6.07 Å². The van der Waals surface area contributed by atoms with Gasteiger partial charge in [-0.1, -0.05) is 28.1 Å². The van der Waals surface area contributed by atoms with Crippen LogP contribution in [0.4, 0.5) is 0 Å². The summed E-state index contributed by atoms with van der Waals surface area (Å²) in [4.78, 5) is 12.2. The smallest absolute Gasteiger partial charge is 0.251 e. The number of benzene rings is 1. The van der Waals surface area contributed by atoms with E-state index >= 15 is 0 Å². The van der Waals surface area contributed by atoms with E-state index in [2.05, 4.69) is 21.2 Å². The van der Waals surface area contributed by atoms with Crippen molar-refractivity contribution < 1.29 is 4.79 Å². The number of carbonyl (C=O) groups is 1. The molecule has 1 aromatic rings. The number of amides is 1. The molecule has 0 aliphatic carbocycles. The molecule has 0 radical (unpaired) electrons. The maximum Gasteiger partial charge on any atom is 0.251 e. The van der Waals surface area contributed by atoms with Gasteiger partial charge in [-0.25, -0.2) is 0 Å². The second-order valence-corrected chi connectivity index (χ2v) is 5.17. The van der Waals surface area contributed by atoms with Crippen molar-refractivity contribution in [3.63, 3.8) is 0 Å². The molecule has 1 amide bonds. The number of halogens is 1. The maximum atomic E-state index is 11.8. The van der Waals surface area contributed by atoms with Gasteiger partial charge in [-0.05, 0) is 43.5 Å². The molecule has 0 saturated heterocycles. The summed E-state index contributed by atoms with van der Waals surface area (Å²) in [6.07, 6.45) is 1.44. The predicted octanol–water partition coefficient (Wildman–Crippen LogP) is 2.55. The molecule has 3 nitrogen and oxygen atoms in total. The minimum absolute atomic E-state index is 0.0662. The zero-order valence-electron chi connectivity index (χ0n) is 9.63. The zero-order chi connectivity index (χ0) is 12.8. The average Bonchev–Trinajstić information content (AvgIpc) is 2.27. The summed E-state index contributed by atoms with van der Waals surface area (Å²) < 4.78 is 1.00. The summed E-state index contributed by atoms with van der Waals surface area (Å²) in [5.41, 5.74) is 7.08. The first-order chi connectivity index (χ1) is 8.00. The van der Waals surface area contributed by atoms with Gasteiger partial charge in [0.15, 0.2) is 0 Å². The van der Waals surface area contributed by atoms with Gasteiger partial charge in [0.1, 0.15) is 0 Å². The van der Waals surface area contributed by atoms with E-state index in [-0.39, 0.29) is 5.91 Å². The van der Waals surface area contributed by atoms with Gasteiger partial charge in [-0.3, -0.25) is 4.79 Å². The van der Waals surface area contributed by atoms with Gasteiger partial charge in [-0.15, -0.1) is 0 Å². The van der Waals surface area contributed by atoms with Crippen molar-refractivity contribution in [3.05, 3.63) is 33.8 Å². The summed E-state index contributed by atoms with van der Waals surface area (Å²) >= 11 is 8.16. The molecule has 1 rings (SSSR count). The summed E-state index contributed by atoms with van der Waals surface area (Å²) in [7, 11) is 0. The number of nitrogens with two attached hydrogens (primary N) is 1. The molecule has 0 saturated carbocycles. The fraction of sp³-hybridized carbons (Fsp3) is 0.333. The number of nitrogens with one attached hydrogen (secondary N) is 1. The Morgan fingerprint density at radius 3 is 2.82 bits per heavy atom. The molecule has 92 valence electrons. The average molecular weight is 315 g/mol. The Labute approximate surface area is 115 Å². The van der Waals surface area contributed by atoms with E-state index < -0.39 is 0 Å². The first-order valence-electron chi connectivity index (χ1n) is 5.33. The number of hydrogen-bond donors (Lipinski definition) is 2. The Hall–Kier alpha value is -0.940. The number of hydrogen-bond acceptors (Lipinski definition) is 2. The molecule has 0 aromatic heterocycles. The predicted molar refractivity (Wildman–Crippen MR) is 77.2 cm³/mol. The molecule has 0 bridgehead atoms. The SMILES string of the molecule is Cc1cc(C(=O)NCCCC(N)=S)ccc1Br. The minimum atomic E-state index is -0.0662. The summed E-state index contributed by atoms with van der Waals surface area (Å²) in [5.74, 6) is -0.0662. The van der Waals surface area contributed by atoms with Crippen molar-refractivity contribution in [1.82, 2.24) is 5.32 Å². The van der Waals surface area contributed by atoms with Crippen molar-refractivity contribution >= 4 is 39.0 Å². The van der Waals surface area contributed by atoms with Crippen LogP contribution in [0.15, 0.2) is 22.7 Å². The molecule has 17 heavy (non-hydrogen) atoms. The number of rotatable bonds is 5. The summed E-state index contributed by atoms with van der Waals surface area (Å²) in [5, 5.41) is 2.83. The van der Waals surface area contributed by atoms with Crippen LogP contribution in [0.3, 0.4) is 0 Å². The van der Waals surface area contributed by atoms with Crippen molar-refractivity contribution in [2.24, 2.45) is 5.73 Å². The second-order valence-electron chi connectivity index (χ2n) is 3.79. The number of carbonyl (C=O) groups excluding carboxylic acids is 1. The van der Waals surface area contributed by atoms with E-state index in [9.17, 15) is 4.79 Å². The van der Waals surface area contributed by atoms with Crippen LogP contribution in [0.25, 0.3) is 0 Å². The van der Waals surface area contributed by atoms with Crippen LogP contribution in [0.1, 0.15) is 28.8 Å². The van der Waals surface area contributed by atoms with E-state index in [1.807, 2.05) is 19.1 Å². The van der Waals surface area contributed by atoms with Crippen LogP contribution in [-0.4, -0.2) is 17.4 Å². The summed E-state index contributed by atoms with van der Waals surface area (Å²) in [6.45, 7) is 2.54. The van der Waals surface area contributed by atoms with Gasteiger partial charge in [0, 0.05) is 16.6 Å². The molecule has 0 fully saturated rings. The number of aryl methyl sites for hydroxylation is 1. The first kappa shape index (κ1) is 14.1. The van der Waals surface area contributed by atoms with Gasteiger partial charge in [0.2, 0.25) is 0 Å². The molecule has 3 N–H and O–H groups in total. The van der Waals surface area contributed by atoms with Crippen molar-refractivity contribution in [3.8, 4) is 0 Å². The molecule has 0 spiro atoms. The van der Waals surface area contributed by atoms with E-state index in [4.69, 9.17) is 18.0 Å². The van der Waals surface area contributed by atoms with E-state index in [1.165, 1.54) is 0 Å². The molecule has 0 unspecified atom stereocenters. The molecule has 0 heterocycles. The van der Waals surface area contributed by atoms with Gasteiger partial charge < -0.3 is 11.1 Å². The van der Waals surface area contributed by atoms with E-state index in [0.29, 0.717) is 23.5 Å². The monoisotopic (exact) mass is 314 g/mol. The van der Waals surface area contributed by atoms with Crippen molar-refractivity contribution in [1.29, 1.82) is 0 Å². The lowest BCUT2D eigenvalue weighted by Gasteiger charge is -2.06. The Morgan fingerprint density at radius 1 is 1.53 bits per heavy atom. The number of thiocarbonyl (C=S) groups is 1. The summed E-state index contributed by atoms with van der Waals surface area (Å²) in [6, 6.07) is 5.52. The lowest BCUT2D eigenvalue weighted by Crippen LogP contribution is -2.25. The molecule has 0 aliphatic rings. The third-order valence-corrected chi connectivity index (χ3v) is 3.40. The van der Waals surface area contributed by atoms with Crippen molar-refractivity contribution in [2.75, 3.05) is 6.54 Å². The topological polar surface area (TPSA) is 55.1 Å². The van der Waals surface area contributed by atoms with Crippen LogP contribution in [-0.2, 0) is 0 Å². The molecule has 5 heteroatoms. The Kier molecular flexibility index (Phi) is 5.58. The zero-order valence-corrected chi connectivity index (χ0v) is 12.0. The second kappa shape index (κ2) is 6.71. The van der Waals surface area contributed by atoms with Crippen molar-refractivity contribution in [2.45, 2.75) is 19.8 Å². The lowest BCUT2D eigenvalue weighted by atomic mass is 10.1. The molecule has 0 atom stereocenters. The molecular weight excluding hydrogens is 300 g/mol. The van der Waals surface area contributed by atoms with Crippen LogP contribution in [0.5, 0.6) is 0 Å². The van der Waals surface area contributed by atoms with Crippen LogP contribution < -0.4 is 11.1 Å². The van der Waals surface area contributed by atoms with Gasteiger partial charge in [0.25, 0.3) is 5.91 Å². The Morgan fingerprint density at radius 2 is 2.24 bits per heavy atom. The highest BCUT2D eigenvalue weighted by molar-refractivity contribution is 9.10. The van der Waals surface area contributed by atoms with Gasteiger partial charge in [0.05, 0.1) is 4.99 Å². The maximum absolute atomic E-state index is 11.8. The fourth-order valence-electron chi connectivity index (χ4n) is 1.35. The molecular formula is C12H15BrN2OS. The Bertz CT molecular complexity index is 435.